The first-order chi connectivity index (χ1) is 10.7. The van der Waals surface area contributed by atoms with E-state index in [1.165, 1.54) is 11.3 Å². The molecular formula is C15H16N4O2S. The summed E-state index contributed by atoms with van der Waals surface area (Å²) in [7, 11) is 1.63. The number of azide groups is 1. The first-order valence-electron chi connectivity index (χ1n) is 6.73. The number of methoxy groups -OCH3 is 1. The van der Waals surface area contributed by atoms with Crippen molar-refractivity contribution >= 4 is 17.2 Å². The molecule has 0 unspecified atom stereocenters. The maximum Gasteiger partial charge on any atom is 0.261 e. The van der Waals surface area contributed by atoms with Gasteiger partial charge in [0.1, 0.15) is 5.75 Å². The average Bonchev–Trinajstić information content (AvgIpc) is 3.02. The SMILES string of the molecule is COc1cccc(CCNC(=O)c2ccc(CN=[N+]=[N-])s2)c1. The average molecular weight is 316 g/mol. The number of hydrogen-bond acceptors (Lipinski definition) is 4. The molecule has 0 aliphatic rings. The summed E-state index contributed by atoms with van der Waals surface area (Å²) in [5.74, 6) is 0.699. The van der Waals surface area contributed by atoms with Crippen molar-refractivity contribution in [2.45, 2.75) is 13.0 Å². The summed E-state index contributed by atoms with van der Waals surface area (Å²) >= 11 is 1.34. The van der Waals surface area contributed by atoms with Gasteiger partial charge in [-0.1, -0.05) is 17.2 Å². The van der Waals surface area contributed by atoms with Crippen LogP contribution in [0.25, 0.3) is 10.4 Å². The van der Waals surface area contributed by atoms with Crippen LogP contribution in [-0.4, -0.2) is 19.6 Å². The fraction of sp³-hybridized carbons (Fsp3) is 0.267. The number of nitrogens with zero attached hydrogens (tertiary/aromatic N) is 3. The highest BCUT2D eigenvalue weighted by atomic mass is 32.1. The second kappa shape index (κ2) is 8.07. The van der Waals surface area contributed by atoms with Gasteiger partial charge in [0.2, 0.25) is 0 Å². The summed E-state index contributed by atoms with van der Waals surface area (Å²) in [5.41, 5.74) is 9.39. The number of ether oxygens (including phenoxy) is 1. The molecule has 7 heteroatoms. The molecule has 0 aliphatic heterocycles. The van der Waals surface area contributed by atoms with Crippen LogP contribution >= 0.6 is 11.3 Å². The van der Waals surface area contributed by atoms with Gasteiger partial charge in [-0.3, -0.25) is 4.79 Å². The molecule has 0 atom stereocenters. The van der Waals surface area contributed by atoms with Gasteiger partial charge in [-0.15, -0.1) is 11.3 Å². The van der Waals surface area contributed by atoms with Gasteiger partial charge in [-0.05, 0) is 41.8 Å². The van der Waals surface area contributed by atoms with Crippen LogP contribution in [0.4, 0.5) is 0 Å². The molecule has 22 heavy (non-hydrogen) atoms. The van der Waals surface area contributed by atoms with Gasteiger partial charge >= 0.3 is 0 Å². The Morgan fingerprint density at radius 2 is 2.27 bits per heavy atom. The van der Waals surface area contributed by atoms with Crippen LogP contribution in [0.15, 0.2) is 41.5 Å². The Morgan fingerprint density at radius 1 is 1.41 bits per heavy atom. The summed E-state index contributed by atoms with van der Waals surface area (Å²) in [6.07, 6.45) is 0.736. The van der Waals surface area contributed by atoms with Gasteiger partial charge in [-0.25, -0.2) is 0 Å². The standard InChI is InChI=1S/C15H16N4O2S/c1-21-12-4-2-3-11(9-12)7-8-17-15(20)14-6-5-13(22-14)10-18-19-16/h2-6,9H,7-8,10H2,1H3,(H,17,20). The Hall–Kier alpha value is -2.50. The first-order valence-corrected chi connectivity index (χ1v) is 7.55. The van der Waals surface area contributed by atoms with Crippen molar-refractivity contribution in [3.63, 3.8) is 0 Å². The predicted molar refractivity (Wildman–Crippen MR) is 86.2 cm³/mol. The minimum absolute atomic E-state index is 0.111. The van der Waals surface area contributed by atoms with Crippen molar-refractivity contribution in [2.75, 3.05) is 13.7 Å². The molecule has 0 radical (unpaired) electrons. The van der Waals surface area contributed by atoms with Crippen molar-refractivity contribution < 1.29 is 9.53 Å². The van der Waals surface area contributed by atoms with Gasteiger partial charge in [0, 0.05) is 16.3 Å². The summed E-state index contributed by atoms with van der Waals surface area (Å²) in [4.78, 5) is 16.2. The van der Waals surface area contributed by atoms with Gasteiger partial charge in [0.15, 0.2) is 0 Å². The molecule has 1 aromatic heterocycles. The summed E-state index contributed by atoms with van der Waals surface area (Å²) in [6, 6.07) is 11.3. The Labute approximate surface area is 132 Å². The van der Waals surface area contributed by atoms with E-state index in [1.54, 1.807) is 19.2 Å². The van der Waals surface area contributed by atoms with Gasteiger partial charge < -0.3 is 10.1 Å². The molecule has 0 bridgehead atoms. The van der Waals surface area contributed by atoms with Crippen molar-refractivity contribution in [1.82, 2.24) is 5.32 Å². The van der Waals surface area contributed by atoms with Crippen LogP contribution in [0.5, 0.6) is 5.75 Å². The van der Waals surface area contributed by atoms with Crippen molar-refractivity contribution in [2.24, 2.45) is 5.11 Å². The molecule has 114 valence electrons. The Balaban J connectivity index is 1.84. The Kier molecular flexibility index (Phi) is 5.82. The highest BCUT2D eigenvalue weighted by molar-refractivity contribution is 7.14. The number of nitrogens with one attached hydrogen (secondary N) is 1. The van der Waals surface area contributed by atoms with E-state index >= 15 is 0 Å². The summed E-state index contributed by atoms with van der Waals surface area (Å²) < 4.78 is 5.17. The first kappa shape index (κ1) is 15.9. The van der Waals surface area contributed by atoms with E-state index in [1.807, 2.05) is 24.3 Å². The summed E-state index contributed by atoms with van der Waals surface area (Å²) in [6.45, 7) is 0.827. The zero-order chi connectivity index (χ0) is 15.8. The van der Waals surface area contributed by atoms with E-state index in [2.05, 4.69) is 15.3 Å². The number of benzene rings is 1. The maximum absolute atomic E-state index is 12.0. The molecule has 0 fully saturated rings. The maximum atomic E-state index is 12.0. The van der Waals surface area contributed by atoms with E-state index in [4.69, 9.17) is 10.3 Å². The lowest BCUT2D eigenvalue weighted by molar-refractivity contribution is 0.0958. The number of carbonyl (C=O) groups is 1. The molecular weight excluding hydrogens is 300 g/mol. The second-order valence-corrected chi connectivity index (χ2v) is 5.68. The van der Waals surface area contributed by atoms with E-state index in [0.717, 1.165) is 22.6 Å². The number of amides is 1. The minimum atomic E-state index is -0.111. The number of rotatable bonds is 7. The molecule has 0 saturated heterocycles. The Morgan fingerprint density at radius 3 is 3.05 bits per heavy atom. The van der Waals surface area contributed by atoms with Crippen molar-refractivity contribution in [3.8, 4) is 5.75 Å². The lowest BCUT2D eigenvalue weighted by Gasteiger charge is -2.05. The lowest BCUT2D eigenvalue weighted by Crippen LogP contribution is -2.24. The number of hydrogen-bond donors (Lipinski definition) is 1. The zero-order valence-corrected chi connectivity index (χ0v) is 13.0. The third kappa shape index (κ3) is 4.51. The van der Waals surface area contributed by atoms with E-state index in [0.29, 0.717) is 11.4 Å². The van der Waals surface area contributed by atoms with E-state index < -0.39 is 0 Å². The zero-order valence-electron chi connectivity index (χ0n) is 12.2. The van der Waals surface area contributed by atoms with Crippen LogP contribution in [0, 0.1) is 0 Å². The fourth-order valence-corrected chi connectivity index (χ4v) is 2.76. The van der Waals surface area contributed by atoms with Crippen LogP contribution in [-0.2, 0) is 13.0 Å². The highest BCUT2D eigenvalue weighted by Gasteiger charge is 2.08. The van der Waals surface area contributed by atoms with Crippen LogP contribution in [0.3, 0.4) is 0 Å². The van der Waals surface area contributed by atoms with E-state index in [-0.39, 0.29) is 12.5 Å². The molecule has 0 spiro atoms. The third-order valence-electron chi connectivity index (χ3n) is 3.01. The number of thiophene rings is 1. The molecule has 1 N–H and O–H groups in total. The van der Waals surface area contributed by atoms with Crippen molar-refractivity contribution in [1.29, 1.82) is 0 Å². The highest BCUT2D eigenvalue weighted by Crippen LogP contribution is 2.17. The predicted octanol–water partition coefficient (Wildman–Crippen LogP) is 3.54. The normalized spacial score (nSPS) is 9.86. The summed E-state index contributed by atoms with van der Waals surface area (Å²) in [5, 5.41) is 6.36. The molecule has 2 rings (SSSR count). The fourth-order valence-electron chi connectivity index (χ4n) is 1.92. The van der Waals surface area contributed by atoms with Crippen molar-refractivity contribution in [3.05, 3.63) is 62.2 Å². The topological polar surface area (TPSA) is 87.1 Å². The van der Waals surface area contributed by atoms with Crippen LogP contribution in [0.2, 0.25) is 0 Å². The monoisotopic (exact) mass is 316 g/mol. The van der Waals surface area contributed by atoms with Gasteiger partial charge in [0.25, 0.3) is 5.91 Å². The molecule has 6 nitrogen and oxygen atoms in total. The Bertz CT molecular complexity index is 692. The van der Waals surface area contributed by atoms with Gasteiger partial charge in [0.05, 0.1) is 18.5 Å². The molecule has 1 aromatic carbocycles. The molecule has 1 heterocycles. The largest absolute Gasteiger partial charge is 0.497 e. The van der Waals surface area contributed by atoms with Crippen LogP contribution in [0.1, 0.15) is 20.1 Å². The smallest absolute Gasteiger partial charge is 0.261 e. The molecule has 2 aromatic rings. The van der Waals surface area contributed by atoms with Crippen LogP contribution < -0.4 is 10.1 Å². The molecule has 0 aliphatic carbocycles. The van der Waals surface area contributed by atoms with E-state index in [9.17, 15) is 4.79 Å². The quantitative estimate of drug-likeness (QED) is 0.481. The lowest BCUT2D eigenvalue weighted by atomic mass is 10.1. The minimum Gasteiger partial charge on any atom is -0.497 e. The number of carbonyl (C=O) groups excluding carboxylic acids is 1. The third-order valence-corrected chi connectivity index (χ3v) is 4.08. The van der Waals surface area contributed by atoms with Gasteiger partial charge in [-0.2, -0.15) is 0 Å². The molecule has 0 saturated carbocycles. The molecule has 1 amide bonds. The second-order valence-electron chi connectivity index (χ2n) is 4.51.